The zero-order chi connectivity index (χ0) is 12.3. The molecule has 1 nitrogen and oxygen atoms in total. The van der Waals surface area contributed by atoms with Crippen LogP contribution >= 0.6 is 0 Å². The molecule has 0 amide bonds. The molecule has 1 aromatic carbocycles. The second kappa shape index (κ2) is 5.01. The van der Waals surface area contributed by atoms with Gasteiger partial charge in [-0.2, -0.15) is 0 Å². The lowest BCUT2D eigenvalue weighted by molar-refractivity contribution is 0.00897. The highest BCUT2D eigenvalue weighted by Crippen LogP contribution is 2.29. The maximum absolute atomic E-state index is 10.4. The van der Waals surface area contributed by atoms with E-state index in [1.54, 1.807) is 0 Å². The van der Waals surface area contributed by atoms with Gasteiger partial charge in [0, 0.05) is 0 Å². The third kappa shape index (κ3) is 3.08. The van der Waals surface area contributed by atoms with Crippen LogP contribution in [0.3, 0.4) is 0 Å². The molecule has 1 heteroatoms. The van der Waals surface area contributed by atoms with Crippen molar-refractivity contribution in [3.63, 3.8) is 0 Å². The van der Waals surface area contributed by atoms with Gasteiger partial charge in [-0.25, -0.2) is 0 Å². The molecule has 0 bridgehead atoms. The molecule has 0 heterocycles. The minimum atomic E-state index is -0.729. The lowest BCUT2D eigenvalue weighted by atomic mass is 9.84. The number of hydrogen-bond acceptors (Lipinski definition) is 1. The van der Waals surface area contributed by atoms with Gasteiger partial charge in [-0.15, -0.1) is 0 Å². The summed E-state index contributed by atoms with van der Waals surface area (Å²) in [5.41, 5.74) is 1.61. The molecule has 0 spiro atoms. The van der Waals surface area contributed by atoms with E-state index in [2.05, 4.69) is 39.8 Å². The first-order valence-corrected chi connectivity index (χ1v) is 6.15. The minimum Gasteiger partial charge on any atom is -0.385 e. The van der Waals surface area contributed by atoms with Crippen molar-refractivity contribution in [1.82, 2.24) is 0 Å². The van der Waals surface area contributed by atoms with Gasteiger partial charge in [0.1, 0.15) is 0 Å². The highest BCUT2D eigenvalue weighted by atomic mass is 16.3. The topological polar surface area (TPSA) is 20.2 Å². The first-order valence-electron chi connectivity index (χ1n) is 6.15. The van der Waals surface area contributed by atoms with E-state index in [0.717, 1.165) is 12.0 Å². The van der Waals surface area contributed by atoms with Gasteiger partial charge < -0.3 is 5.11 Å². The zero-order valence-electron chi connectivity index (χ0n) is 11.1. The molecule has 0 radical (unpaired) electrons. The van der Waals surface area contributed by atoms with Crippen LogP contribution in [-0.2, 0) is 12.0 Å². The summed E-state index contributed by atoms with van der Waals surface area (Å²) in [5.74, 6) is 0.876. The van der Waals surface area contributed by atoms with Crippen molar-refractivity contribution >= 4 is 0 Å². The van der Waals surface area contributed by atoms with Gasteiger partial charge in [0.15, 0.2) is 0 Å². The number of aliphatic hydroxyl groups is 1. The van der Waals surface area contributed by atoms with Crippen molar-refractivity contribution in [1.29, 1.82) is 0 Å². The third-order valence-corrected chi connectivity index (χ3v) is 3.28. The molecule has 0 aliphatic rings. The monoisotopic (exact) mass is 220 g/mol. The molecule has 1 aromatic rings. The maximum atomic E-state index is 10.4. The lowest BCUT2D eigenvalue weighted by Crippen LogP contribution is -2.28. The first-order chi connectivity index (χ1) is 7.34. The van der Waals surface area contributed by atoms with Crippen LogP contribution in [0.2, 0.25) is 0 Å². The number of benzene rings is 1. The lowest BCUT2D eigenvalue weighted by Gasteiger charge is -2.28. The second-order valence-electron chi connectivity index (χ2n) is 5.60. The van der Waals surface area contributed by atoms with Crippen LogP contribution in [0.15, 0.2) is 24.3 Å². The van der Waals surface area contributed by atoms with E-state index in [0.29, 0.717) is 5.92 Å². The first kappa shape index (κ1) is 13.2. The summed E-state index contributed by atoms with van der Waals surface area (Å²) in [4.78, 5) is 0. The molecule has 0 saturated heterocycles. The molecule has 16 heavy (non-hydrogen) atoms. The van der Waals surface area contributed by atoms with Crippen molar-refractivity contribution in [2.75, 3.05) is 0 Å². The van der Waals surface area contributed by atoms with Crippen molar-refractivity contribution < 1.29 is 5.11 Å². The summed E-state index contributed by atoms with van der Waals surface area (Å²) in [7, 11) is 0. The Hall–Kier alpha value is -0.820. The smallest absolute Gasteiger partial charge is 0.0891 e. The van der Waals surface area contributed by atoms with E-state index < -0.39 is 5.60 Å². The average molecular weight is 220 g/mol. The van der Waals surface area contributed by atoms with Gasteiger partial charge in [-0.1, -0.05) is 52.0 Å². The molecule has 1 unspecified atom stereocenters. The van der Waals surface area contributed by atoms with E-state index in [1.165, 1.54) is 5.56 Å². The molecular formula is C15H24O. The third-order valence-electron chi connectivity index (χ3n) is 3.28. The fourth-order valence-corrected chi connectivity index (χ4v) is 1.82. The van der Waals surface area contributed by atoms with Gasteiger partial charge >= 0.3 is 0 Å². The quantitative estimate of drug-likeness (QED) is 0.819. The van der Waals surface area contributed by atoms with Gasteiger partial charge in [0.25, 0.3) is 0 Å². The summed E-state index contributed by atoms with van der Waals surface area (Å²) in [6.07, 6.45) is 1.07. The van der Waals surface area contributed by atoms with E-state index in [1.807, 2.05) is 19.1 Å². The Morgan fingerprint density at radius 2 is 1.81 bits per heavy atom. The van der Waals surface area contributed by atoms with Gasteiger partial charge in [-0.05, 0) is 36.3 Å². The van der Waals surface area contributed by atoms with Crippen molar-refractivity contribution in [3.8, 4) is 0 Å². The Kier molecular flexibility index (Phi) is 4.15. The van der Waals surface area contributed by atoms with E-state index in [4.69, 9.17) is 0 Å². The van der Waals surface area contributed by atoms with Gasteiger partial charge in [-0.3, -0.25) is 0 Å². The van der Waals surface area contributed by atoms with Crippen LogP contribution in [0.25, 0.3) is 0 Å². The number of rotatable bonds is 4. The molecule has 0 fully saturated rings. The van der Waals surface area contributed by atoms with Crippen molar-refractivity contribution in [2.45, 2.75) is 46.6 Å². The summed E-state index contributed by atoms with van der Waals surface area (Å²) in [5, 5.41) is 10.4. The summed E-state index contributed by atoms with van der Waals surface area (Å²) >= 11 is 0. The molecule has 1 N–H and O–H groups in total. The fraction of sp³-hybridized carbons (Fsp3) is 0.600. The van der Waals surface area contributed by atoms with Crippen LogP contribution in [0.5, 0.6) is 0 Å². The highest BCUT2D eigenvalue weighted by molar-refractivity contribution is 5.28. The molecule has 0 aromatic heterocycles. The predicted molar refractivity (Wildman–Crippen MR) is 69.4 cm³/mol. The molecule has 1 atom stereocenters. The predicted octanol–water partition coefficient (Wildman–Crippen LogP) is 3.75. The molecule has 90 valence electrons. The van der Waals surface area contributed by atoms with Crippen LogP contribution in [0.1, 0.15) is 45.7 Å². The van der Waals surface area contributed by atoms with Gasteiger partial charge in [0.2, 0.25) is 0 Å². The number of hydrogen-bond donors (Lipinski definition) is 1. The summed E-state index contributed by atoms with van der Waals surface area (Å²) in [6.45, 7) is 10.4. The standard InChI is InChI=1S/C15H24O/c1-11(2)9-13-7-6-8-14(10-13)15(5,16)12(3)4/h6-8,10-12,16H,9H2,1-5H3. The maximum Gasteiger partial charge on any atom is 0.0891 e. The Balaban J connectivity index is 2.98. The van der Waals surface area contributed by atoms with Crippen LogP contribution in [0.4, 0.5) is 0 Å². The molecule has 0 aliphatic carbocycles. The van der Waals surface area contributed by atoms with Gasteiger partial charge in [0.05, 0.1) is 5.60 Å². The summed E-state index contributed by atoms with van der Waals surface area (Å²) < 4.78 is 0. The second-order valence-corrected chi connectivity index (χ2v) is 5.60. The molecule has 0 aliphatic heterocycles. The van der Waals surface area contributed by atoms with E-state index in [-0.39, 0.29) is 5.92 Å². The van der Waals surface area contributed by atoms with E-state index in [9.17, 15) is 5.11 Å². The van der Waals surface area contributed by atoms with E-state index >= 15 is 0 Å². The van der Waals surface area contributed by atoms with Crippen LogP contribution < -0.4 is 0 Å². The SMILES string of the molecule is CC(C)Cc1cccc(C(C)(O)C(C)C)c1. The van der Waals surface area contributed by atoms with Crippen LogP contribution in [0, 0.1) is 11.8 Å². The van der Waals surface area contributed by atoms with Crippen molar-refractivity contribution in [2.24, 2.45) is 11.8 Å². The fourth-order valence-electron chi connectivity index (χ4n) is 1.82. The Morgan fingerprint density at radius 1 is 1.19 bits per heavy atom. The normalized spacial score (nSPS) is 15.5. The molecular weight excluding hydrogens is 196 g/mol. The van der Waals surface area contributed by atoms with Crippen molar-refractivity contribution in [3.05, 3.63) is 35.4 Å². The Morgan fingerprint density at radius 3 is 2.31 bits per heavy atom. The molecule has 0 saturated carbocycles. The van der Waals surface area contributed by atoms with Crippen LogP contribution in [-0.4, -0.2) is 5.11 Å². The average Bonchev–Trinajstić information content (AvgIpc) is 2.16. The Bertz CT molecular complexity index is 337. The molecule has 1 rings (SSSR count). The Labute approximate surface area is 99.5 Å². The zero-order valence-corrected chi connectivity index (χ0v) is 11.1. The summed E-state index contributed by atoms with van der Waals surface area (Å²) in [6, 6.07) is 8.34. The largest absolute Gasteiger partial charge is 0.385 e. The highest BCUT2D eigenvalue weighted by Gasteiger charge is 2.27. The minimum absolute atomic E-state index is 0.224.